The molecule has 0 amide bonds. The fourth-order valence-electron chi connectivity index (χ4n) is 3.57. The van der Waals surface area contributed by atoms with E-state index in [0.29, 0.717) is 6.54 Å². The van der Waals surface area contributed by atoms with Gasteiger partial charge in [-0.1, -0.05) is 54.6 Å². The minimum Gasteiger partial charge on any atom is -0.497 e. The van der Waals surface area contributed by atoms with Crippen LogP contribution in [0.3, 0.4) is 0 Å². The van der Waals surface area contributed by atoms with Gasteiger partial charge in [0, 0.05) is 18.2 Å². The summed E-state index contributed by atoms with van der Waals surface area (Å²) in [5.41, 5.74) is 11.8. The van der Waals surface area contributed by atoms with E-state index in [1.807, 2.05) is 12.1 Å². The van der Waals surface area contributed by atoms with Gasteiger partial charge in [0.05, 0.1) is 19.0 Å². The molecule has 1 aromatic heterocycles. The lowest BCUT2D eigenvalue weighted by molar-refractivity contribution is -0.670. The summed E-state index contributed by atoms with van der Waals surface area (Å²) in [7, 11) is 1.69. The molecule has 0 saturated carbocycles. The first kappa shape index (κ1) is 18.9. The number of benzene rings is 3. The highest BCUT2D eigenvalue weighted by atomic mass is 16.5. The first-order valence-electron chi connectivity index (χ1n) is 9.83. The summed E-state index contributed by atoms with van der Waals surface area (Å²) >= 11 is 0. The van der Waals surface area contributed by atoms with Crippen molar-refractivity contribution in [2.24, 2.45) is 5.73 Å². The molecule has 0 aliphatic carbocycles. The van der Waals surface area contributed by atoms with Gasteiger partial charge >= 0.3 is 0 Å². The lowest BCUT2D eigenvalue weighted by atomic mass is 10.0. The van der Waals surface area contributed by atoms with Gasteiger partial charge in [-0.2, -0.15) is 4.57 Å². The van der Waals surface area contributed by atoms with E-state index >= 15 is 0 Å². The fraction of sp³-hybridized carbons (Fsp3) is 0.115. The fourth-order valence-corrected chi connectivity index (χ4v) is 3.57. The molecule has 0 radical (unpaired) electrons. The van der Waals surface area contributed by atoms with Gasteiger partial charge < -0.3 is 10.5 Å². The van der Waals surface area contributed by atoms with E-state index in [4.69, 9.17) is 10.5 Å². The molecule has 0 aliphatic heterocycles. The average Bonchev–Trinajstić information content (AvgIpc) is 2.79. The van der Waals surface area contributed by atoms with Gasteiger partial charge in [0.2, 0.25) is 11.2 Å². The van der Waals surface area contributed by atoms with E-state index in [-0.39, 0.29) is 0 Å². The second-order valence-corrected chi connectivity index (χ2v) is 6.94. The van der Waals surface area contributed by atoms with Gasteiger partial charge in [-0.25, -0.2) is 0 Å². The molecule has 0 bridgehead atoms. The lowest BCUT2D eigenvalue weighted by Crippen LogP contribution is -2.41. The zero-order chi connectivity index (χ0) is 20.1. The molecule has 0 saturated heterocycles. The third-order valence-corrected chi connectivity index (χ3v) is 5.09. The molecule has 0 fully saturated rings. The highest BCUT2D eigenvalue weighted by Gasteiger charge is 2.13. The summed E-state index contributed by atoms with van der Waals surface area (Å²) in [6.07, 6.45) is 4.29. The van der Waals surface area contributed by atoms with Gasteiger partial charge in [0.15, 0.2) is 6.54 Å². The average molecular weight is 381 g/mol. The number of hydrogen-bond donors (Lipinski definition) is 1. The highest BCUT2D eigenvalue weighted by Crippen LogP contribution is 2.21. The van der Waals surface area contributed by atoms with Crippen molar-refractivity contribution in [2.45, 2.75) is 6.54 Å². The van der Waals surface area contributed by atoms with Crippen molar-refractivity contribution in [1.82, 2.24) is 0 Å². The van der Waals surface area contributed by atoms with Crippen molar-refractivity contribution >= 4 is 23.1 Å². The Labute approximate surface area is 171 Å². The first-order chi connectivity index (χ1) is 14.3. The molecule has 3 heteroatoms. The molecule has 0 aliphatic rings. The quantitative estimate of drug-likeness (QED) is 0.481. The Morgan fingerprint density at radius 3 is 2.31 bits per heavy atom. The van der Waals surface area contributed by atoms with Crippen LogP contribution < -0.4 is 15.0 Å². The zero-order valence-corrected chi connectivity index (χ0v) is 16.6. The highest BCUT2D eigenvalue weighted by molar-refractivity contribution is 5.79. The van der Waals surface area contributed by atoms with Crippen molar-refractivity contribution < 1.29 is 9.30 Å². The van der Waals surface area contributed by atoms with Crippen molar-refractivity contribution in [2.75, 3.05) is 13.7 Å². The molecule has 0 atom stereocenters. The predicted octanol–water partition coefficient (Wildman–Crippen LogP) is 4.93. The number of aromatic nitrogens is 1. The molecule has 0 unspecified atom stereocenters. The Morgan fingerprint density at radius 1 is 0.828 bits per heavy atom. The largest absolute Gasteiger partial charge is 0.497 e. The van der Waals surface area contributed by atoms with Gasteiger partial charge in [-0.3, -0.25) is 0 Å². The molecule has 3 nitrogen and oxygen atoms in total. The van der Waals surface area contributed by atoms with Gasteiger partial charge in [-0.05, 0) is 41.0 Å². The van der Waals surface area contributed by atoms with Crippen molar-refractivity contribution in [3.8, 4) is 16.9 Å². The zero-order valence-electron chi connectivity index (χ0n) is 16.6. The molecule has 3 aromatic carbocycles. The Kier molecular flexibility index (Phi) is 5.68. The standard InChI is InChI=1S/C26H25N2O/c1-29-25-15-16-26-23(19-25)12-14-24(28(26)18-17-27)13-9-20-7-10-22(11-8-20)21-5-3-2-4-6-21/h2-16,19H,17-18,27H2,1H3/q+1/b13-9+. The number of nitrogens with two attached hydrogens (primary N) is 1. The monoisotopic (exact) mass is 381 g/mol. The molecular formula is C26H25N2O+. The van der Waals surface area contributed by atoms with Crippen LogP contribution in [0.25, 0.3) is 34.2 Å². The number of ether oxygens (including phenoxy) is 1. The normalized spacial score (nSPS) is 11.2. The van der Waals surface area contributed by atoms with Crippen LogP contribution in [0.5, 0.6) is 5.75 Å². The van der Waals surface area contributed by atoms with E-state index in [1.165, 1.54) is 16.7 Å². The minimum absolute atomic E-state index is 0.586. The van der Waals surface area contributed by atoms with Crippen LogP contribution in [0.15, 0.2) is 84.9 Å². The number of fused-ring (bicyclic) bond motifs is 1. The predicted molar refractivity (Wildman–Crippen MR) is 121 cm³/mol. The van der Waals surface area contributed by atoms with E-state index in [1.54, 1.807) is 7.11 Å². The molecule has 1 heterocycles. The van der Waals surface area contributed by atoms with E-state index in [2.05, 4.69) is 89.5 Å². The van der Waals surface area contributed by atoms with Crippen LogP contribution in [0.4, 0.5) is 0 Å². The molecule has 4 rings (SSSR count). The third-order valence-electron chi connectivity index (χ3n) is 5.09. The van der Waals surface area contributed by atoms with Gasteiger partial charge in [0.25, 0.3) is 0 Å². The molecule has 0 spiro atoms. The summed E-state index contributed by atoms with van der Waals surface area (Å²) in [4.78, 5) is 0. The van der Waals surface area contributed by atoms with Gasteiger partial charge in [0.1, 0.15) is 5.75 Å². The topological polar surface area (TPSA) is 39.1 Å². The first-order valence-corrected chi connectivity index (χ1v) is 9.83. The van der Waals surface area contributed by atoms with Crippen LogP contribution >= 0.6 is 0 Å². The molecule has 29 heavy (non-hydrogen) atoms. The third kappa shape index (κ3) is 4.20. The van der Waals surface area contributed by atoms with Crippen molar-refractivity contribution in [1.29, 1.82) is 0 Å². The van der Waals surface area contributed by atoms with Crippen molar-refractivity contribution in [3.05, 3.63) is 96.2 Å². The number of pyridine rings is 1. The maximum atomic E-state index is 5.89. The van der Waals surface area contributed by atoms with Crippen LogP contribution in [0.1, 0.15) is 11.3 Å². The van der Waals surface area contributed by atoms with Crippen LogP contribution in [-0.2, 0) is 6.54 Å². The Balaban J connectivity index is 1.64. The van der Waals surface area contributed by atoms with E-state index < -0.39 is 0 Å². The second kappa shape index (κ2) is 8.72. The second-order valence-electron chi connectivity index (χ2n) is 6.94. The number of rotatable bonds is 6. The smallest absolute Gasteiger partial charge is 0.213 e. The molecule has 144 valence electrons. The summed E-state index contributed by atoms with van der Waals surface area (Å²) in [6, 6.07) is 29.4. The van der Waals surface area contributed by atoms with Crippen LogP contribution in [0.2, 0.25) is 0 Å². The Bertz CT molecular complexity index is 1130. The Morgan fingerprint density at radius 2 is 1.59 bits per heavy atom. The Hall–Kier alpha value is -3.43. The van der Waals surface area contributed by atoms with Crippen LogP contribution in [0, 0.1) is 0 Å². The number of hydrogen-bond acceptors (Lipinski definition) is 2. The minimum atomic E-state index is 0.586. The summed E-state index contributed by atoms with van der Waals surface area (Å²) < 4.78 is 7.60. The summed E-state index contributed by atoms with van der Waals surface area (Å²) in [5, 5.41) is 1.14. The summed E-state index contributed by atoms with van der Waals surface area (Å²) in [5.74, 6) is 0.860. The number of nitrogens with zero attached hydrogens (tertiary/aromatic N) is 1. The summed E-state index contributed by atoms with van der Waals surface area (Å²) in [6.45, 7) is 1.35. The molecule has 4 aromatic rings. The van der Waals surface area contributed by atoms with Gasteiger partial charge in [-0.15, -0.1) is 0 Å². The van der Waals surface area contributed by atoms with Crippen molar-refractivity contribution in [3.63, 3.8) is 0 Å². The van der Waals surface area contributed by atoms with E-state index in [9.17, 15) is 0 Å². The maximum absolute atomic E-state index is 5.89. The van der Waals surface area contributed by atoms with E-state index in [0.717, 1.165) is 28.9 Å². The SMILES string of the molecule is COc1ccc2c(ccc(/C=C/c3ccc(-c4ccccc4)cc3)[n+]2CCN)c1. The lowest BCUT2D eigenvalue weighted by Gasteiger charge is -2.06. The maximum Gasteiger partial charge on any atom is 0.213 e. The molecular weight excluding hydrogens is 356 g/mol. The molecule has 2 N–H and O–H groups in total. The number of methoxy groups -OCH3 is 1. The van der Waals surface area contributed by atoms with Crippen LogP contribution in [-0.4, -0.2) is 13.7 Å².